The summed E-state index contributed by atoms with van der Waals surface area (Å²) in [7, 11) is 1.51. The van der Waals surface area contributed by atoms with Crippen LogP contribution in [0.2, 0.25) is 0 Å². The van der Waals surface area contributed by atoms with Crippen LogP contribution in [0, 0.1) is 0 Å². The number of thioether (sulfide) groups is 2. The van der Waals surface area contributed by atoms with E-state index in [-0.39, 0.29) is 11.7 Å². The van der Waals surface area contributed by atoms with Gasteiger partial charge in [0.1, 0.15) is 28.9 Å². The van der Waals surface area contributed by atoms with E-state index in [0.29, 0.717) is 38.2 Å². The van der Waals surface area contributed by atoms with Crippen molar-refractivity contribution in [1.82, 2.24) is 19.5 Å². The first-order chi connectivity index (χ1) is 17.4. The van der Waals surface area contributed by atoms with Crippen LogP contribution in [0.25, 0.3) is 22.1 Å². The fourth-order valence-corrected chi connectivity index (χ4v) is 5.58. The minimum atomic E-state index is -1.32. The van der Waals surface area contributed by atoms with Gasteiger partial charge in [0, 0.05) is 16.7 Å². The van der Waals surface area contributed by atoms with Crippen LogP contribution < -0.4 is 16.1 Å². The number of nitrogen functional groups attached to an aromatic ring is 1. The summed E-state index contributed by atoms with van der Waals surface area (Å²) in [6, 6.07) is 7.08. The number of nitrogens with zero attached hydrogens (tertiary/aromatic N) is 4. The molecule has 4 atom stereocenters. The first-order valence-electron chi connectivity index (χ1n) is 10.8. The molecule has 0 amide bonds. The van der Waals surface area contributed by atoms with Crippen LogP contribution in [0.15, 0.2) is 43.7 Å². The van der Waals surface area contributed by atoms with Gasteiger partial charge in [-0.2, -0.15) is 4.98 Å². The number of anilines is 1. The Hall–Kier alpha value is -2.88. The van der Waals surface area contributed by atoms with Crippen molar-refractivity contribution in [3.05, 3.63) is 40.2 Å². The summed E-state index contributed by atoms with van der Waals surface area (Å²) in [5, 5.41) is 31.9. The predicted octanol–water partition coefficient (Wildman–Crippen LogP) is 1.15. The quantitative estimate of drug-likeness (QED) is 0.151. The zero-order valence-corrected chi connectivity index (χ0v) is 20.8. The molecule has 5 rings (SSSR count). The van der Waals surface area contributed by atoms with E-state index in [4.69, 9.17) is 19.6 Å². The first kappa shape index (κ1) is 24.8. The van der Waals surface area contributed by atoms with Gasteiger partial charge >= 0.3 is 5.63 Å². The molecule has 0 bridgehead atoms. The highest BCUT2D eigenvalue weighted by Gasteiger charge is 2.45. The van der Waals surface area contributed by atoms with Crippen molar-refractivity contribution in [2.75, 3.05) is 25.7 Å². The Kier molecular flexibility index (Phi) is 6.80. The van der Waals surface area contributed by atoms with Crippen LogP contribution in [0.5, 0.6) is 5.75 Å². The Morgan fingerprint density at radius 3 is 2.72 bits per heavy atom. The molecule has 5 N–H and O–H groups in total. The summed E-state index contributed by atoms with van der Waals surface area (Å²) in [4.78, 5) is 25.9. The summed E-state index contributed by atoms with van der Waals surface area (Å²) in [6.07, 6.45) is -2.82. The second-order valence-electron chi connectivity index (χ2n) is 7.98. The maximum absolute atomic E-state index is 12.7. The van der Waals surface area contributed by atoms with Crippen LogP contribution in [0.4, 0.5) is 5.95 Å². The number of hydrogen-bond acceptors (Lipinski definition) is 13. The van der Waals surface area contributed by atoms with Gasteiger partial charge in [-0.25, -0.2) is 14.8 Å². The zero-order valence-electron chi connectivity index (χ0n) is 19.2. The summed E-state index contributed by atoms with van der Waals surface area (Å²) in [5.41, 5.74) is 6.96. The van der Waals surface area contributed by atoms with Crippen molar-refractivity contribution >= 4 is 51.6 Å². The highest BCUT2D eigenvalue weighted by Crippen LogP contribution is 2.38. The lowest BCUT2D eigenvalue weighted by Gasteiger charge is -2.18. The van der Waals surface area contributed by atoms with Crippen molar-refractivity contribution in [2.24, 2.45) is 0 Å². The van der Waals surface area contributed by atoms with Gasteiger partial charge in [-0.05, 0) is 18.4 Å². The molecule has 0 radical (unpaired) electrons. The average Bonchev–Trinajstić information content (AvgIpc) is 3.38. The molecule has 3 aromatic heterocycles. The molecular weight excluding hydrogens is 510 g/mol. The van der Waals surface area contributed by atoms with Crippen LogP contribution in [-0.2, 0) is 10.5 Å². The number of aromatic nitrogens is 4. The topological polar surface area (TPSA) is 179 Å². The van der Waals surface area contributed by atoms with Gasteiger partial charge in [-0.15, -0.1) is 0 Å². The standard InChI is InChI=1S/C22H23N5O7S2/c1-32-11-5-3-4-9-6-10(20(31)34-16(9)11)8-36-18-13-17(25-21(23)26-18)27(22(24-13)35-2)19-15(30)14(29)12(7-28)33-19/h3-6,12,14-15,19,28-30H,7-8H2,1-2H3,(H2,23,25,26)/t12-,14-,15-,19-/m1/s1. The first-order valence-corrected chi connectivity index (χ1v) is 13.0. The average molecular weight is 534 g/mol. The molecular formula is C22H23N5O7S2. The minimum absolute atomic E-state index is 0.0409. The van der Waals surface area contributed by atoms with E-state index in [0.717, 1.165) is 5.39 Å². The van der Waals surface area contributed by atoms with Crippen molar-refractivity contribution in [3.63, 3.8) is 0 Å². The Labute approximate surface area is 212 Å². The fourth-order valence-electron chi connectivity index (χ4n) is 4.08. The molecule has 1 saturated heterocycles. The molecule has 12 nitrogen and oxygen atoms in total. The van der Waals surface area contributed by atoms with E-state index in [1.54, 1.807) is 24.5 Å². The molecule has 1 fully saturated rings. The number of methoxy groups -OCH3 is 1. The third-order valence-corrected chi connectivity index (χ3v) is 7.49. The Morgan fingerprint density at radius 2 is 2.03 bits per heavy atom. The highest BCUT2D eigenvalue weighted by molar-refractivity contribution is 7.98. The molecule has 14 heteroatoms. The number of rotatable bonds is 7. The maximum Gasteiger partial charge on any atom is 0.340 e. The number of aliphatic hydroxyl groups is 3. The lowest BCUT2D eigenvalue weighted by atomic mass is 10.1. The lowest BCUT2D eigenvalue weighted by molar-refractivity contribution is -0.0548. The van der Waals surface area contributed by atoms with Crippen LogP contribution in [0.3, 0.4) is 0 Å². The van der Waals surface area contributed by atoms with Crippen molar-refractivity contribution in [3.8, 4) is 5.75 Å². The number of para-hydroxylation sites is 1. The molecule has 1 aliphatic heterocycles. The van der Waals surface area contributed by atoms with Gasteiger partial charge in [0.15, 0.2) is 28.4 Å². The normalized spacial score (nSPS) is 22.0. The Balaban J connectivity index is 1.52. The number of benzene rings is 1. The Morgan fingerprint density at radius 1 is 1.22 bits per heavy atom. The SMILES string of the molecule is COc1cccc2cc(CSc3nc(N)nc4c3nc(SC)n4[C@@H]3O[C@H](CO)[C@@H](O)[C@H]3O)c(=O)oc12. The van der Waals surface area contributed by atoms with Crippen LogP contribution in [-0.4, -0.2) is 73.1 Å². The molecule has 4 heterocycles. The molecule has 0 aliphatic carbocycles. The van der Waals surface area contributed by atoms with Gasteiger partial charge in [-0.3, -0.25) is 4.57 Å². The molecule has 0 spiro atoms. The van der Waals surface area contributed by atoms with E-state index in [1.165, 1.54) is 35.2 Å². The van der Waals surface area contributed by atoms with E-state index in [2.05, 4.69) is 15.0 Å². The maximum atomic E-state index is 12.7. The molecule has 1 aliphatic rings. The van der Waals surface area contributed by atoms with Gasteiger partial charge in [0.2, 0.25) is 5.95 Å². The molecule has 0 saturated carbocycles. The van der Waals surface area contributed by atoms with Crippen molar-refractivity contribution in [1.29, 1.82) is 0 Å². The molecule has 36 heavy (non-hydrogen) atoms. The van der Waals surface area contributed by atoms with Gasteiger partial charge in [0.25, 0.3) is 0 Å². The summed E-state index contributed by atoms with van der Waals surface area (Å²) in [6.45, 7) is -0.464. The van der Waals surface area contributed by atoms with E-state index in [9.17, 15) is 20.1 Å². The van der Waals surface area contributed by atoms with Crippen molar-refractivity contribution in [2.45, 2.75) is 40.5 Å². The van der Waals surface area contributed by atoms with Gasteiger partial charge < -0.3 is 34.9 Å². The predicted molar refractivity (Wildman–Crippen MR) is 133 cm³/mol. The largest absolute Gasteiger partial charge is 0.493 e. The lowest BCUT2D eigenvalue weighted by Crippen LogP contribution is -2.33. The number of hydrogen-bond donors (Lipinski definition) is 4. The van der Waals surface area contributed by atoms with Gasteiger partial charge in [-0.1, -0.05) is 35.7 Å². The Bertz CT molecular complexity index is 1490. The number of nitrogens with two attached hydrogens (primary N) is 1. The monoisotopic (exact) mass is 533 g/mol. The number of ether oxygens (including phenoxy) is 2. The smallest absolute Gasteiger partial charge is 0.340 e. The van der Waals surface area contributed by atoms with Gasteiger partial charge in [0.05, 0.1) is 13.7 Å². The molecule has 1 aromatic carbocycles. The third kappa shape index (κ3) is 4.19. The highest BCUT2D eigenvalue weighted by atomic mass is 32.2. The summed E-state index contributed by atoms with van der Waals surface area (Å²) >= 11 is 2.51. The fraction of sp³-hybridized carbons (Fsp3) is 0.364. The number of fused-ring (bicyclic) bond motifs is 2. The van der Waals surface area contributed by atoms with E-state index < -0.39 is 36.8 Å². The zero-order chi connectivity index (χ0) is 25.6. The van der Waals surface area contributed by atoms with E-state index >= 15 is 0 Å². The number of imidazole rings is 1. The summed E-state index contributed by atoms with van der Waals surface area (Å²) < 4.78 is 18.0. The second kappa shape index (κ2) is 9.88. The van der Waals surface area contributed by atoms with Crippen LogP contribution >= 0.6 is 23.5 Å². The third-order valence-electron chi connectivity index (χ3n) is 5.83. The van der Waals surface area contributed by atoms with Crippen LogP contribution in [0.1, 0.15) is 11.8 Å². The molecule has 0 unspecified atom stereocenters. The second-order valence-corrected chi connectivity index (χ2v) is 9.72. The minimum Gasteiger partial charge on any atom is -0.493 e. The molecule has 4 aromatic rings. The summed E-state index contributed by atoms with van der Waals surface area (Å²) in [5.74, 6) is 0.644. The molecule has 190 valence electrons. The van der Waals surface area contributed by atoms with E-state index in [1.807, 2.05) is 6.07 Å². The van der Waals surface area contributed by atoms with Crippen molar-refractivity contribution < 1.29 is 29.2 Å². The number of aliphatic hydroxyl groups excluding tert-OH is 3.